The van der Waals surface area contributed by atoms with Crippen molar-refractivity contribution in [2.75, 3.05) is 20.6 Å². The fourth-order valence-corrected chi connectivity index (χ4v) is 2.84. The second kappa shape index (κ2) is 6.95. The maximum atomic E-state index is 11.1. The molecule has 0 heterocycles. The summed E-state index contributed by atoms with van der Waals surface area (Å²) in [7, 11) is 4.02. The minimum Gasteiger partial charge on any atom is -0.508 e. The molecule has 22 heavy (non-hydrogen) atoms. The van der Waals surface area contributed by atoms with Crippen LogP contribution in [0.3, 0.4) is 0 Å². The van der Waals surface area contributed by atoms with E-state index in [2.05, 4.69) is 17.0 Å². The van der Waals surface area contributed by atoms with Crippen LogP contribution >= 0.6 is 0 Å². The fourth-order valence-electron chi connectivity index (χ4n) is 2.84. The second-order valence-electron chi connectivity index (χ2n) is 6.35. The normalized spacial score (nSPS) is 15.5. The van der Waals surface area contributed by atoms with Crippen molar-refractivity contribution in [3.63, 3.8) is 0 Å². The van der Waals surface area contributed by atoms with Crippen LogP contribution in [-0.4, -0.2) is 35.8 Å². The molecular weight excluding hydrogens is 274 g/mol. The van der Waals surface area contributed by atoms with Gasteiger partial charge in [-0.15, -0.1) is 0 Å². The van der Waals surface area contributed by atoms with E-state index in [0.29, 0.717) is 0 Å². The molecule has 0 saturated carbocycles. The van der Waals surface area contributed by atoms with Crippen LogP contribution in [0.5, 0.6) is 5.75 Å². The average Bonchev–Trinajstić information content (AvgIpc) is 2.47. The smallest absolute Gasteiger partial charge is 0.115 e. The summed E-state index contributed by atoms with van der Waals surface area (Å²) in [6.07, 6.45) is 0.779. The van der Waals surface area contributed by atoms with Crippen LogP contribution in [-0.2, 0) is 12.0 Å². The number of aliphatic hydroxyl groups is 1. The molecule has 0 aliphatic rings. The molecule has 118 valence electrons. The van der Waals surface area contributed by atoms with Crippen LogP contribution in [0, 0.1) is 5.92 Å². The third-order valence-electron chi connectivity index (χ3n) is 4.14. The molecule has 2 rings (SSSR count). The van der Waals surface area contributed by atoms with E-state index in [0.717, 1.165) is 18.5 Å². The predicted molar refractivity (Wildman–Crippen MR) is 89.9 cm³/mol. The molecular formula is C19H25NO2. The summed E-state index contributed by atoms with van der Waals surface area (Å²) in [4.78, 5) is 2.09. The first-order chi connectivity index (χ1) is 10.4. The first-order valence-electron chi connectivity index (χ1n) is 7.60. The molecule has 2 N–H and O–H groups in total. The molecule has 0 spiro atoms. The fraction of sp³-hybridized carbons (Fsp3) is 0.368. The van der Waals surface area contributed by atoms with Crippen LogP contribution in [0.15, 0.2) is 54.6 Å². The van der Waals surface area contributed by atoms with Crippen molar-refractivity contribution in [1.29, 1.82) is 0 Å². The van der Waals surface area contributed by atoms with E-state index in [1.165, 1.54) is 5.56 Å². The van der Waals surface area contributed by atoms with Gasteiger partial charge in [-0.3, -0.25) is 0 Å². The van der Waals surface area contributed by atoms with Gasteiger partial charge in [0.2, 0.25) is 0 Å². The number of nitrogens with zero attached hydrogens (tertiary/aromatic N) is 1. The Morgan fingerprint density at radius 3 is 2.32 bits per heavy atom. The quantitative estimate of drug-likeness (QED) is 0.862. The van der Waals surface area contributed by atoms with E-state index in [9.17, 15) is 10.2 Å². The van der Waals surface area contributed by atoms with Crippen molar-refractivity contribution in [3.05, 3.63) is 65.7 Å². The van der Waals surface area contributed by atoms with E-state index >= 15 is 0 Å². The van der Waals surface area contributed by atoms with Gasteiger partial charge in [-0.05, 0) is 50.7 Å². The Balaban J connectivity index is 2.30. The third kappa shape index (κ3) is 4.09. The zero-order valence-corrected chi connectivity index (χ0v) is 13.5. The molecule has 0 aromatic heterocycles. The SMILES string of the molecule is CN(C)CC(Cc1ccccc1)C(C)(O)c1cccc(O)c1. The van der Waals surface area contributed by atoms with E-state index in [1.807, 2.05) is 45.3 Å². The third-order valence-corrected chi connectivity index (χ3v) is 4.14. The molecule has 0 amide bonds. The zero-order valence-electron chi connectivity index (χ0n) is 13.5. The highest BCUT2D eigenvalue weighted by atomic mass is 16.3. The molecule has 2 aromatic carbocycles. The number of phenols is 1. The van der Waals surface area contributed by atoms with Crippen molar-refractivity contribution in [2.24, 2.45) is 5.92 Å². The Bertz CT molecular complexity index is 593. The molecule has 0 aliphatic heterocycles. The molecule has 0 bridgehead atoms. The molecule has 3 nitrogen and oxygen atoms in total. The summed E-state index contributed by atoms with van der Waals surface area (Å²) in [5.41, 5.74) is 0.934. The Morgan fingerprint density at radius 2 is 1.73 bits per heavy atom. The Kier molecular flexibility index (Phi) is 5.22. The van der Waals surface area contributed by atoms with Crippen LogP contribution in [0.1, 0.15) is 18.1 Å². The number of phenolic OH excluding ortho intramolecular Hbond substituents is 1. The molecule has 0 fully saturated rings. The Labute approximate surface area is 132 Å². The lowest BCUT2D eigenvalue weighted by Crippen LogP contribution is -2.39. The molecule has 0 radical (unpaired) electrons. The summed E-state index contributed by atoms with van der Waals surface area (Å²) < 4.78 is 0. The van der Waals surface area contributed by atoms with Gasteiger partial charge in [-0.1, -0.05) is 42.5 Å². The number of rotatable bonds is 6. The first kappa shape index (κ1) is 16.5. The van der Waals surface area contributed by atoms with Gasteiger partial charge in [0.25, 0.3) is 0 Å². The van der Waals surface area contributed by atoms with Gasteiger partial charge >= 0.3 is 0 Å². The highest BCUT2D eigenvalue weighted by Crippen LogP contribution is 2.33. The summed E-state index contributed by atoms with van der Waals surface area (Å²) in [6.45, 7) is 2.59. The average molecular weight is 299 g/mol. The lowest BCUT2D eigenvalue weighted by Gasteiger charge is -2.35. The maximum absolute atomic E-state index is 11.1. The number of benzene rings is 2. The number of hydrogen-bond acceptors (Lipinski definition) is 3. The minimum absolute atomic E-state index is 0.0201. The van der Waals surface area contributed by atoms with Crippen molar-refractivity contribution in [2.45, 2.75) is 18.9 Å². The van der Waals surface area contributed by atoms with Gasteiger partial charge in [-0.2, -0.15) is 0 Å². The molecule has 2 aromatic rings. The van der Waals surface area contributed by atoms with Gasteiger partial charge < -0.3 is 15.1 Å². The lowest BCUT2D eigenvalue weighted by atomic mass is 9.79. The summed E-state index contributed by atoms with van der Waals surface area (Å²) >= 11 is 0. The molecule has 3 heteroatoms. The summed E-state index contributed by atoms with van der Waals surface area (Å²) in [5.74, 6) is 0.202. The molecule has 2 atom stereocenters. The van der Waals surface area contributed by atoms with Crippen LogP contribution < -0.4 is 0 Å². The van der Waals surface area contributed by atoms with Gasteiger partial charge in [0, 0.05) is 12.5 Å². The van der Waals surface area contributed by atoms with Crippen molar-refractivity contribution in [1.82, 2.24) is 4.90 Å². The lowest BCUT2D eigenvalue weighted by molar-refractivity contribution is -0.0159. The topological polar surface area (TPSA) is 43.7 Å². The number of aromatic hydroxyl groups is 1. The van der Waals surface area contributed by atoms with Crippen molar-refractivity contribution < 1.29 is 10.2 Å². The minimum atomic E-state index is -1.02. The molecule has 0 saturated heterocycles. The van der Waals surface area contributed by atoms with Gasteiger partial charge in [0.1, 0.15) is 5.75 Å². The van der Waals surface area contributed by atoms with E-state index in [1.54, 1.807) is 18.2 Å². The van der Waals surface area contributed by atoms with Crippen LogP contribution in [0.25, 0.3) is 0 Å². The monoisotopic (exact) mass is 299 g/mol. The largest absolute Gasteiger partial charge is 0.508 e. The van der Waals surface area contributed by atoms with Crippen molar-refractivity contribution >= 4 is 0 Å². The molecule has 0 aliphatic carbocycles. The van der Waals surface area contributed by atoms with E-state index in [-0.39, 0.29) is 11.7 Å². The van der Waals surface area contributed by atoms with E-state index in [4.69, 9.17) is 0 Å². The van der Waals surface area contributed by atoms with Gasteiger partial charge in [0.05, 0.1) is 5.60 Å². The maximum Gasteiger partial charge on any atom is 0.115 e. The van der Waals surface area contributed by atoms with Crippen molar-refractivity contribution in [3.8, 4) is 5.75 Å². The van der Waals surface area contributed by atoms with Gasteiger partial charge in [0.15, 0.2) is 0 Å². The Hall–Kier alpha value is -1.84. The first-order valence-corrected chi connectivity index (χ1v) is 7.60. The highest BCUT2D eigenvalue weighted by molar-refractivity contribution is 5.32. The standard InChI is InChI=1S/C19H25NO2/c1-19(22,16-10-7-11-18(21)13-16)17(14-20(2)3)12-15-8-5-4-6-9-15/h4-11,13,17,21-22H,12,14H2,1-3H3. The van der Waals surface area contributed by atoms with Crippen LogP contribution in [0.2, 0.25) is 0 Å². The molecule has 2 unspecified atom stereocenters. The predicted octanol–water partition coefficient (Wildman–Crippen LogP) is 3.02. The second-order valence-corrected chi connectivity index (χ2v) is 6.35. The number of hydrogen-bond donors (Lipinski definition) is 2. The van der Waals surface area contributed by atoms with Crippen LogP contribution in [0.4, 0.5) is 0 Å². The summed E-state index contributed by atoms with van der Waals surface area (Å²) in [6, 6.07) is 17.1. The van der Waals surface area contributed by atoms with Gasteiger partial charge in [-0.25, -0.2) is 0 Å². The Morgan fingerprint density at radius 1 is 1.05 bits per heavy atom. The highest BCUT2D eigenvalue weighted by Gasteiger charge is 2.34. The summed E-state index contributed by atoms with van der Waals surface area (Å²) in [5, 5.41) is 20.9. The zero-order chi connectivity index (χ0) is 16.2. The van der Waals surface area contributed by atoms with E-state index < -0.39 is 5.60 Å².